The van der Waals surface area contributed by atoms with Gasteiger partial charge in [-0.15, -0.1) is 0 Å². The Balaban J connectivity index is 1.69. The second-order valence-electron chi connectivity index (χ2n) is 4.08. The van der Waals surface area contributed by atoms with Crippen LogP contribution in [-0.2, 0) is 4.74 Å². The molecule has 0 unspecified atom stereocenters. The van der Waals surface area contributed by atoms with Crippen LogP contribution in [0.4, 0.5) is 5.69 Å². The highest BCUT2D eigenvalue weighted by Gasteiger charge is 2.09. The van der Waals surface area contributed by atoms with Crippen molar-refractivity contribution in [2.24, 2.45) is 0 Å². The molecular formula is C13H20N2O2. The summed E-state index contributed by atoms with van der Waals surface area (Å²) in [6, 6.07) is 8.02. The first-order chi connectivity index (χ1) is 8.38. The van der Waals surface area contributed by atoms with Gasteiger partial charge in [-0.2, -0.15) is 0 Å². The van der Waals surface area contributed by atoms with Crippen molar-refractivity contribution in [3.05, 3.63) is 24.3 Å². The summed E-state index contributed by atoms with van der Waals surface area (Å²) in [5.41, 5.74) is 1.10. The average Bonchev–Trinajstić information content (AvgIpc) is 2.41. The first kappa shape index (κ1) is 12.2. The summed E-state index contributed by atoms with van der Waals surface area (Å²) in [6.45, 7) is 5.42. The Labute approximate surface area is 103 Å². The number of benzene rings is 1. The van der Waals surface area contributed by atoms with E-state index in [0.717, 1.165) is 50.9 Å². The summed E-state index contributed by atoms with van der Waals surface area (Å²) >= 11 is 0. The van der Waals surface area contributed by atoms with Crippen LogP contribution in [0.25, 0.3) is 0 Å². The van der Waals surface area contributed by atoms with Crippen LogP contribution in [-0.4, -0.2) is 51.4 Å². The number of nitrogens with zero attached hydrogens (tertiary/aromatic N) is 1. The zero-order valence-corrected chi connectivity index (χ0v) is 10.3. The molecule has 1 saturated heterocycles. The maximum absolute atomic E-state index is 5.70. The van der Waals surface area contributed by atoms with Gasteiger partial charge in [0, 0.05) is 32.4 Å². The molecule has 0 bridgehead atoms. The number of anilines is 1. The van der Waals surface area contributed by atoms with Crippen LogP contribution in [0.5, 0.6) is 5.75 Å². The lowest BCUT2D eigenvalue weighted by Gasteiger charge is -2.26. The summed E-state index contributed by atoms with van der Waals surface area (Å²) < 4.78 is 11.0. The Morgan fingerprint density at radius 2 is 1.94 bits per heavy atom. The highest BCUT2D eigenvalue weighted by atomic mass is 16.5. The van der Waals surface area contributed by atoms with E-state index >= 15 is 0 Å². The predicted octanol–water partition coefficient (Wildman–Crippen LogP) is 1.44. The molecule has 0 saturated carbocycles. The van der Waals surface area contributed by atoms with Crippen molar-refractivity contribution in [1.29, 1.82) is 0 Å². The monoisotopic (exact) mass is 236 g/mol. The Morgan fingerprint density at radius 3 is 2.59 bits per heavy atom. The second-order valence-corrected chi connectivity index (χ2v) is 4.08. The van der Waals surface area contributed by atoms with Crippen LogP contribution in [0, 0.1) is 0 Å². The van der Waals surface area contributed by atoms with Crippen molar-refractivity contribution in [3.8, 4) is 5.75 Å². The first-order valence-electron chi connectivity index (χ1n) is 6.09. The van der Waals surface area contributed by atoms with Gasteiger partial charge in [-0.25, -0.2) is 0 Å². The minimum atomic E-state index is 0.735. The maximum atomic E-state index is 5.70. The minimum absolute atomic E-state index is 0.735. The Hall–Kier alpha value is -1.26. The molecule has 4 nitrogen and oxygen atoms in total. The van der Waals surface area contributed by atoms with Crippen molar-refractivity contribution >= 4 is 5.69 Å². The predicted molar refractivity (Wildman–Crippen MR) is 68.7 cm³/mol. The van der Waals surface area contributed by atoms with Gasteiger partial charge in [0.2, 0.25) is 0 Å². The van der Waals surface area contributed by atoms with Crippen LogP contribution < -0.4 is 10.1 Å². The quantitative estimate of drug-likeness (QED) is 0.838. The van der Waals surface area contributed by atoms with Gasteiger partial charge in [0.15, 0.2) is 0 Å². The number of ether oxygens (including phenoxy) is 2. The largest absolute Gasteiger partial charge is 0.492 e. The number of rotatable bonds is 5. The van der Waals surface area contributed by atoms with Crippen LogP contribution in [0.2, 0.25) is 0 Å². The van der Waals surface area contributed by atoms with Gasteiger partial charge in [-0.3, -0.25) is 4.90 Å². The van der Waals surface area contributed by atoms with Gasteiger partial charge in [0.1, 0.15) is 12.4 Å². The molecule has 0 amide bonds. The minimum Gasteiger partial charge on any atom is -0.492 e. The molecule has 1 N–H and O–H groups in total. The molecule has 0 aliphatic carbocycles. The topological polar surface area (TPSA) is 33.7 Å². The first-order valence-corrected chi connectivity index (χ1v) is 6.09. The molecule has 2 rings (SSSR count). The molecule has 0 spiro atoms. The standard InChI is InChI=1S/C13H20N2O2/c1-14-12-2-4-13(5-3-12)17-11-8-15-6-9-16-10-7-15/h2-5,14H,6-11H2,1H3. The zero-order chi connectivity index (χ0) is 11.9. The van der Waals surface area contributed by atoms with E-state index in [1.165, 1.54) is 0 Å². The van der Waals surface area contributed by atoms with Crippen molar-refractivity contribution in [3.63, 3.8) is 0 Å². The molecule has 1 aromatic rings. The number of nitrogens with one attached hydrogen (secondary N) is 1. The van der Waals surface area contributed by atoms with E-state index in [1.807, 2.05) is 31.3 Å². The Bertz CT molecular complexity index is 321. The van der Waals surface area contributed by atoms with Crippen LogP contribution >= 0.6 is 0 Å². The average molecular weight is 236 g/mol. The number of morpholine rings is 1. The fourth-order valence-electron chi connectivity index (χ4n) is 1.84. The third-order valence-corrected chi connectivity index (χ3v) is 2.92. The number of hydrogen-bond acceptors (Lipinski definition) is 4. The molecule has 1 aliphatic heterocycles. The van der Waals surface area contributed by atoms with Crippen molar-refractivity contribution < 1.29 is 9.47 Å². The van der Waals surface area contributed by atoms with E-state index < -0.39 is 0 Å². The SMILES string of the molecule is CNc1ccc(OCCN2CCOCC2)cc1. The highest BCUT2D eigenvalue weighted by Crippen LogP contribution is 2.14. The molecular weight excluding hydrogens is 216 g/mol. The molecule has 17 heavy (non-hydrogen) atoms. The molecule has 0 atom stereocenters. The normalized spacial score (nSPS) is 16.8. The van der Waals surface area contributed by atoms with Gasteiger partial charge in [-0.05, 0) is 24.3 Å². The van der Waals surface area contributed by atoms with Gasteiger partial charge in [0.25, 0.3) is 0 Å². The van der Waals surface area contributed by atoms with E-state index in [-0.39, 0.29) is 0 Å². The molecule has 1 fully saturated rings. The van der Waals surface area contributed by atoms with Gasteiger partial charge >= 0.3 is 0 Å². The molecule has 0 radical (unpaired) electrons. The molecule has 94 valence electrons. The lowest BCUT2D eigenvalue weighted by molar-refractivity contribution is 0.0322. The fourth-order valence-corrected chi connectivity index (χ4v) is 1.84. The fraction of sp³-hybridized carbons (Fsp3) is 0.538. The smallest absolute Gasteiger partial charge is 0.119 e. The van der Waals surface area contributed by atoms with Crippen molar-refractivity contribution in [2.45, 2.75) is 0 Å². The Kier molecular flexibility index (Phi) is 4.64. The lowest BCUT2D eigenvalue weighted by Crippen LogP contribution is -2.38. The van der Waals surface area contributed by atoms with Crippen LogP contribution in [0.3, 0.4) is 0 Å². The summed E-state index contributed by atoms with van der Waals surface area (Å²) in [7, 11) is 1.91. The molecule has 1 heterocycles. The highest BCUT2D eigenvalue weighted by molar-refractivity contribution is 5.45. The van der Waals surface area contributed by atoms with E-state index in [1.54, 1.807) is 0 Å². The van der Waals surface area contributed by atoms with Gasteiger partial charge in [0.05, 0.1) is 13.2 Å². The maximum Gasteiger partial charge on any atom is 0.119 e. The van der Waals surface area contributed by atoms with Crippen LogP contribution in [0.15, 0.2) is 24.3 Å². The third kappa shape index (κ3) is 3.91. The van der Waals surface area contributed by atoms with E-state index in [0.29, 0.717) is 0 Å². The Morgan fingerprint density at radius 1 is 1.24 bits per heavy atom. The molecule has 1 aliphatic rings. The van der Waals surface area contributed by atoms with Gasteiger partial charge < -0.3 is 14.8 Å². The number of hydrogen-bond donors (Lipinski definition) is 1. The molecule has 0 aromatic heterocycles. The van der Waals surface area contributed by atoms with E-state index in [9.17, 15) is 0 Å². The van der Waals surface area contributed by atoms with E-state index in [2.05, 4.69) is 10.2 Å². The molecule has 4 heteroatoms. The summed E-state index contributed by atoms with van der Waals surface area (Å²) in [5.74, 6) is 0.928. The summed E-state index contributed by atoms with van der Waals surface area (Å²) in [4.78, 5) is 2.37. The third-order valence-electron chi connectivity index (χ3n) is 2.92. The van der Waals surface area contributed by atoms with E-state index in [4.69, 9.17) is 9.47 Å². The second kappa shape index (κ2) is 6.47. The summed E-state index contributed by atoms with van der Waals surface area (Å²) in [6.07, 6.45) is 0. The van der Waals surface area contributed by atoms with Crippen molar-refractivity contribution in [2.75, 3.05) is 51.8 Å². The molecule has 1 aromatic carbocycles. The lowest BCUT2D eigenvalue weighted by atomic mass is 10.3. The zero-order valence-electron chi connectivity index (χ0n) is 10.3. The summed E-state index contributed by atoms with van der Waals surface area (Å²) in [5, 5.41) is 3.08. The van der Waals surface area contributed by atoms with Gasteiger partial charge in [-0.1, -0.05) is 0 Å². The van der Waals surface area contributed by atoms with Crippen molar-refractivity contribution in [1.82, 2.24) is 4.90 Å². The van der Waals surface area contributed by atoms with Crippen LogP contribution in [0.1, 0.15) is 0 Å².